The third kappa shape index (κ3) is 3.62. The van der Waals surface area contributed by atoms with E-state index in [0.29, 0.717) is 18.8 Å². The molecule has 0 bridgehead atoms. The first-order valence-electron chi connectivity index (χ1n) is 7.73. The average molecular weight is 345 g/mol. The third-order valence-electron chi connectivity index (χ3n) is 3.86. The highest BCUT2D eigenvalue weighted by atomic mass is 32.2. The molecule has 0 spiro atoms. The molecule has 1 aliphatic heterocycles. The van der Waals surface area contributed by atoms with Gasteiger partial charge in [-0.15, -0.1) is 11.8 Å². The number of fused-ring (bicyclic) bond motifs is 1. The number of aryl methyl sites for hydroxylation is 1. The molecule has 2 amide bonds. The molecule has 0 unspecified atom stereocenters. The monoisotopic (exact) mass is 345 g/mol. The van der Waals surface area contributed by atoms with Gasteiger partial charge in [0.05, 0.1) is 18.0 Å². The first kappa shape index (κ1) is 16.6. The largest absolute Gasteiger partial charge is 0.361 e. The van der Waals surface area contributed by atoms with Gasteiger partial charge in [0.1, 0.15) is 11.5 Å². The van der Waals surface area contributed by atoms with Crippen molar-refractivity contribution in [2.24, 2.45) is 0 Å². The number of benzene rings is 1. The molecule has 7 heteroatoms. The molecule has 126 valence electrons. The molecule has 1 aromatic carbocycles. The molecule has 0 fully saturated rings. The van der Waals surface area contributed by atoms with Gasteiger partial charge in [0.2, 0.25) is 11.8 Å². The van der Waals surface area contributed by atoms with Crippen LogP contribution >= 0.6 is 11.8 Å². The summed E-state index contributed by atoms with van der Waals surface area (Å²) in [5.41, 5.74) is 1.61. The van der Waals surface area contributed by atoms with Gasteiger partial charge in [0.25, 0.3) is 0 Å². The fourth-order valence-corrected chi connectivity index (χ4v) is 3.56. The lowest BCUT2D eigenvalue weighted by molar-refractivity contribution is -0.130. The average Bonchev–Trinajstić information content (AvgIpc) is 2.98. The van der Waals surface area contributed by atoms with Gasteiger partial charge >= 0.3 is 0 Å². The predicted octanol–water partition coefficient (Wildman–Crippen LogP) is 2.47. The maximum Gasteiger partial charge on any atom is 0.237 e. The number of nitrogens with zero attached hydrogens (tertiary/aromatic N) is 3. The van der Waals surface area contributed by atoms with E-state index in [9.17, 15) is 9.59 Å². The van der Waals surface area contributed by atoms with Crippen LogP contribution in [0.2, 0.25) is 0 Å². The van der Waals surface area contributed by atoms with Gasteiger partial charge in [0, 0.05) is 31.0 Å². The zero-order valence-corrected chi connectivity index (χ0v) is 14.5. The summed E-state index contributed by atoms with van der Waals surface area (Å²) < 4.78 is 5.01. The lowest BCUT2D eigenvalue weighted by Gasteiger charge is -2.29. The van der Waals surface area contributed by atoms with Crippen molar-refractivity contribution in [1.82, 2.24) is 10.1 Å². The molecule has 2 heterocycles. The molecule has 0 aliphatic carbocycles. The lowest BCUT2D eigenvalue weighted by atomic mass is 10.2. The second-order valence-corrected chi connectivity index (χ2v) is 6.75. The zero-order chi connectivity index (χ0) is 17.1. The van der Waals surface area contributed by atoms with E-state index < -0.39 is 0 Å². The number of hydrogen-bond donors (Lipinski definition) is 0. The van der Waals surface area contributed by atoms with Crippen LogP contribution in [0, 0.1) is 6.92 Å². The molecule has 24 heavy (non-hydrogen) atoms. The number of rotatable bonds is 5. The molecule has 0 atom stereocenters. The topological polar surface area (TPSA) is 66.7 Å². The molecule has 0 saturated heterocycles. The normalized spacial score (nSPS) is 13.8. The second kappa shape index (κ2) is 7.09. The molecule has 0 N–H and O–H groups in total. The molecule has 3 rings (SSSR count). The SMILES string of the molecule is Cc1cc(CN(C)C(=O)CCN2C(=O)CSc3ccccc32)no1. The standard InChI is InChI=1S/C17H19N3O3S/c1-12-9-13(18-23-12)10-19(2)16(21)7-8-20-14-5-3-4-6-15(14)24-11-17(20)22/h3-6,9H,7-8,10-11H2,1-2H3. The summed E-state index contributed by atoms with van der Waals surface area (Å²) in [4.78, 5) is 28.9. The van der Waals surface area contributed by atoms with Gasteiger partial charge in [0.15, 0.2) is 0 Å². The van der Waals surface area contributed by atoms with Crippen molar-refractivity contribution >= 4 is 29.3 Å². The van der Waals surface area contributed by atoms with Crippen molar-refractivity contribution in [2.45, 2.75) is 24.8 Å². The Morgan fingerprint density at radius 1 is 1.42 bits per heavy atom. The Kier molecular flexibility index (Phi) is 4.89. The van der Waals surface area contributed by atoms with E-state index in [1.807, 2.05) is 37.3 Å². The van der Waals surface area contributed by atoms with E-state index in [1.165, 1.54) is 11.8 Å². The van der Waals surface area contributed by atoms with Crippen LogP contribution in [0.25, 0.3) is 0 Å². The number of carbonyl (C=O) groups excluding carboxylic acids is 2. The number of aromatic nitrogens is 1. The Hall–Kier alpha value is -2.28. The number of thioether (sulfide) groups is 1. The van der Waals surface area contributed by atoms with E-state index >= 15 is 0 Å². The van der Waals surface area contributed by atoms with Crippen LogP contribution in [0.15, 0.2) is 39.8 Å². The minimum atomic E-state index is -0.0286. The highest BCUT2D eigenvalue weighted by Crippen LogP contribution is 2.34. The van der Waals surface area contributed by atoms with Crippen molar-refractivity contribution in [3.63, 3.8) is 0 Å². The smallest absolute Gasteiger partial charge is 0.237 e. The molecule has 1 aromatic heterocycles. The molecule has 1 aliphatic rings. The van der Waals surface area contributed by atoms with Crippen molar-refractivity contribution in [2.75, 3.05) is 24.2 Å². The highest BCUT2D eigenvalue weighted by molar-refractivity contribution is 8.00. The summed E-state index contributed by atoms with van der Waals surface area (Å²) in [6.45, 7) is 2.60. The van der Waals surface area contributed by atoms with E-state index in [4.69, 9.17) is 4.52 Å². The number of amides is 2. The summed E-state index contributed by atoms with van der Waals surface area (Å²) >= 11 is 1.54. The van der Waals surface area contributed by atoms with E-state index in [0.717, 1.165) is 22.0 Å². The summed E-state index contributed by atoms with van der Waals surface area (Å²) in [5, 5.41) is 3.89. The number of carbonyl (C=O) groups is 2. The van der Waals surface area contributed by atoms with Crippen LogP contribution in [0.1, 0.15) is 17.9 Å². The Morgan fingerprint density at radius 2 is 2.21 bits per heavy atom. The minimum Gasteiger partial charge on any atom is -0.361 e. The van der Waals surface area contributed by atoms with Gasteiger partial charge < -0.3 is 14.3 Å². The van der Waals surface area contributed by atoms with Gasteiger partial charge in [-0.05, 0) is 19.1 Å². The van der Waals surface area contributed by atoms with Crippen LogP contribution in [-0.2, 0) is 16.1 Å². The van der Waals surface area contributed by atoms with Crippen LogP contribution < -0.4 is 4.90 Å². The Balaban J connectivity index is 1.60. The Morgan fingerprint density at radius 3 is 2.96 bits per heavy atom. The minimum absolute atomic E-state index is 0.0286. The van der Waals surface area contributed by atoms with Crippen molar-refractivity contribution < 1.29 is 14.1 Å². The number of para-hydroxylation sites is 1. The fraction of sp³-hybridized carbons (Fsp3) is 0.353. The van der Waals surface area contributed by atoms with Gasteiger partial charge in [-0.2, -0.15) is 0 Å². The van der Waals surface area contributed by atoms with Crippen LogP contribution in [0.3, 0.4) is 0 Å². The van der Waals surface area contributed by atoms with Crippen molar-refractivity contribution in [1.29, 1.82) is 0 Å². The van der Waals surface area contributed by atoms with Crippen LogP contribution in [-0.4, -0.2) is 41.2 Å². The van der Waals surface area contributed by atoms with Crippen molar-refractivity contribution in [3.05, 3.63) is 41.8 Å². The predicted molar refractivity (Wildman–Crippen MR) is 91.9 cm³/mol. The summed E-state index contributed by atoms with van der Waals surface area (Å²) in [7, 11) is 1.73. The quantitative estimate of drug-likeness (QED) is 0.833. The maximum absolute atomic E-state index is 12.3. The summed E-state index contributed by atoms with van der Waals surface area (Å²) in [6, 6.07) is 9.60. The lowest BCUT2D eigenvalue weighted by Crippen LogP contribution is -2.38. The Labute approximate surface area is 144 Å². The van der Waals surface area contributed by atoms with E-state index in [1.54, 1.807) is 16.8 Å². The highest BCUT2D eigenvalue weighted by Gasteiger charge is 2.25. The summed E-state index contributed by atoms with van der Waals surface area (Å²) in [5.74, 6) is 1.15. The molecular weight excluding hydrogens is 326 g/mol. The number of hydrogen-bond acceptors (Lipinski definition) is 5. The van der Waals surface area contributed by atoms with Gasteiger partial charge in [-0.3, -0.25) is 9.59 Å². The van der Waals surface area contributed by atoms with Crippen molar-refractivity contribution in [3.8, 4) is 0 Å². The van der Waals surface area contributed by atoms with Crippen LogP contribution in [0.5, 0.6) is 0 Å². The zero-order valence-electron chi connectivity index (χ0n) is 13.7. The fourth-order valence-electron chi connectivity index (χ4n) is 2.62. The Bertz CT molecular complexity index is 759. The van der Waals surface area contributed by atoms with E-state index in [2.05, 4.69) is 5.16 Å². The van der Waals surface area contributed by atoms with Gasteiger partial charge in [-0.25, -0.2) is 0 Å². The summed E-state index contributed by atoms with van der Waals surface area (Å²) in [6.07, 6.45) is 0.276. The van der Waals surface area contributed by atoms with E-state index in [-0.39, 0.29) is 18.2 Å². The second-order valence-electron chi connectivity index (χ2n) is 5.73. The molecular formula is C17H19N3O3S. The molecule has 2 aromatic rings. The molecule has 0 saturated carbocycles. The first-order chi connectivity index (χ1) is 11.5. The third-order valence-corrected chi connectivity index (χ3v) is 4.91. The molecule has 6 nitrogen and oxygen atoms in total. The first-order valence-corrected chi connectivity index (χ1v) is 8.71. The number of anilines is 1. The molecule has 0 radical (unpaired) electrons. The van der Waals surface area contributed by atoms with Crippen LogP contribution in [0.4, 0.5) is 5.69 Å². The maximum atomic E-state index is 12.3. The van der Waals surface area contributed by atoms with Gasteiger partial charge in [-0.1, -0.05) is 17.3 Å².